The molecule has 0 aromatic rings. The molecule has 0 heterocycles. The first-order valence-corrected chi connectivity index (χ1v) is 3.68. The van der Waals surface area contributed by atoms with Crippen molar-refractivity contribution >= 4 is 5.97 Å². The Bertz CT molecular complexity index is 74.5. The van der Waals surface area contributed by atoms with Gasteiger partial charge in [0.15, 0.2) is 0 Å². The van der Waals surface area contributed by atoms with Crippen molar-refractivity contribution in [3.63, 3.8) is 0 Å². The van der Waals surface area contributed by atoms with Crippen LogP contribution in [0, 0.1) is 6.92 Å². The molecule has 11 heavy (non-hydrogen) atoms. The summed E-state index contributed by atoms with van der Waals surface area (Å²) in [5, 5.41) is 9.76. The van der Waals surface area contributed by atoms with Crippen molar-refractivity contribution in [2.24, 2.45) is 0 Å². The smallest absolute Gasteiger partial charge is 0.550 e. The molecule has 0 aliphatic heterocycles. The van der Waals surface area contributed by atoms with E-state index in [2.05, 4.69) is 6.92 Å². The fourth-order valence-electron chi connectivity index (χ4n) is 0.519. The quantitative estimate of drug-likeness (QED) is 0.396. The molecular formula is C8H16O2Zn. The van der Waals surface area contributed by atoms with Gasteiger partial charge in [0, 0.05) is 5.97 Å². The van der Waals surface area contributed by atoms with Gasteiger partial charge in [0.25, 0.3) is 0 Å². The largest absolute Gasteiger partial charge is 2.00 e. The average molecular weight is 210 g/mol. The Morgan fingerprint density at radius 3 is 2.09 bits per heavy atom. The van der Waals surface area contributed by atoms with E-state index < -0.39 is 5.97 Å². The number of carboxylic acid groups (broad SMARTS) is 1. The van der Waals surface area contributed by atoms with Gasteiger partial charge in [0.05, 0.1) is 0 Å². The summed E-state index contributed by atoms with van der Waals surface area (Å²) in [5.41, 5.74) is 0. The zero-order valence-corrected chi connectivity index (χ0v) is 10.5. The number of carboxylic acids is 1. The second-order valence-electron chi connectivity index (χ2n) is 1.83. The molecule has 0 spiro atoms. The number of rotatable bonds is 4. The molecular weight excluding hydrogens is 193 g/mol. The molecule has 0 amide bonds. The minimum absolute atomic E-state index is 0. The molecule has 0 saturated carbocycles. The van der Waals surface area contributed by atoms with Crippen molar-refractivity contribution in [3.05, 3.63) is 6.92 Å². The van der Waals surface area contributed by atoms with E-state index in [1.165, 1.54) is 0 Å². The first-order valence-electron chi connectivity index (χ1n) is 3.68. The van der Waals surface area contributed by atoms with Gasteiger partial charge >= 0.3 is 19.5 Å². The SMILES string of the molecule is CCCCCC(=O)[O-].[CH2-]C.[Zn+2]. The second-order valence-corrected chi connectivity index (χ2v) is 1.83. The summed E-state index contributed by atoms with van der Waals surface area (Å²) >= 11 is 0. The summed E-state index contributed by atoms with van der Waals surface area (Å²) in [6.07, 6.45) is 3.04. The third-order valence-electron chi connectivity index (χ3n) is 0.984. The molecule has 0 fully saturated rings. The normalized spacial score (nSPS) is 7.18. The molecule has 0 aromatic carbocycles. The topological polar surface area (TPSA) is 40.1 Å². The van der Waals surface area contributed by atoms with Crippen LogP contribution in [-0.2, 0) is 24.3 Å². The van der Waals surface area contributed by atoms with Crippen LogP contribution in [0.1, 0.15) is 39.5 Å². The summed E-state index contributed by atoms with van der Waals surface area (Å²) in [5.74, 6) is -0.932. The molecule has 2 nitrogen and oxygen atoms in total. The molecule has 0 saturated heterocycles. The van der Waals surface area contributed by atoms with E-state index in [-0.39, 0.29) is 25.9 Å². The van der Waals surface area contributed by atoms with Crippen molar-refractivity contribution in [3.8, 4) is 0 Å². The van der Waals surface area contributed by atoms with Crippen LogP contribution in [0.15, 0.2) is 0 Å². The van der Waals surface area contributed by atoms with Crippen LogP contribution in [0.5, 0.6) is 0 Å². The maximum absolute atomic E-state index is 9.76. The third kappa shape index (κ3) is 25.5. The van der Waals surface area contributed by atoms with Crippen LogP contribution in [0.25, 0.3) is 0 Å². The van der Waals surface area contributed by atoms with Crippen molar-refractivity contribution in [1.82, 2.24) is 0 Å². The van der Waals surface area contributed by atoms with Crippen LogP contribution >= 0.6 is 0 Å². The summed E-state index contributed by atoms with van der Waals surface area (Å²) in [4.78, 5) is 9.76. The number of hydrogen-bond donors (Lipinski definition) is 0. The summed E-state index contributed by atoms with van der Waals surface area (Å²) in [6.45, 7) is 7.04. The summed E-state index contributed by atoms with van der Waals surface area (Å²) < 4.78 is 0. The van der Waals surface area contributed by atoms with Gasteiger partial charge < -0.3 is 16.8 Å². The number of unbranched alkanes of at least 4 members (excludes halogenated alkanes) is 2. The van der Waals surface area contributed by atoms with Crippen LogP contribution < -0.4 is 5.11 Å². The van der Waals surface area contributed by atoms with Crippen molar-refractivity contribution < 1.29 is 29.4 Å². The minimum atomic E-state index is -0.932. The number of aliphatic carboxylic acids is 1. The van der Waals surface area contributed by atoms with E-state index in [0.717, 1.165) is 19.3 Å². The zero-order valence-electron chi connectivity index (χ0n) is 7.56. The number of carbonyl (C=O) groups is 1. The molecule has 0 N–H and O–H groups in total. The van der Waals surface area contributed by atoms with E-state index in [0.29, 0.717) is 0 Å². The second kappa shape index (κ2) is 16.6. The van der Waals surface area contributed by atoms with E-state index >= 15 is 0 Å². The molecule has 0 radical (unpaired) electrons. The Labute approximate surface area is 82.1 Å². The van der Waals surface area contributed by atoms with E-state index in [4.69, 9.17) is 0 Å². The van der Waals surface area contributed by atoms with Gasteiger partial charge in [-0.05, 0) is 12.8 Å². The standard InChI is InChI=1S/C6H12O2.C2H5.Zn/c1-2-3-4-5-6(7)8;1-2;/h2-5H2,1H3,(H,7,8);1H2,2H3;/q;-1;+2/p-1. The Morgan fingerprint density at radius 2 is 1.82 bits per heavy atom. The van der Waals surface area contributed by atoms with Crippen LogP contribution in [0.2, 0.25) is 0 Å². The Kier molecular flexibility index (Phi) is 26.0. The third-order valence-corrected chi connectivity index (χ3v) is 0.984. The monoisotopic (exact) mass is 208 g/mol. The first-order chi connectivity index (χ1) is 4.77. The Hall–Kier alpha value is 0.0934. The number of carbonyl (C=O) groups excluding carboxylic acids is 1. The van der Waals surface area contributed by atoms with Gasteiger partial charge in [-0.1, -0.05) is 19.8 Å². The molecule has 62 valence electrons. The summed E-state index contributed by atoms with van der Waals surface area (Å²) in [7, 11) is 0. The molecule has 0 unspecified atom stereocenters. The Balaban J connectivity index is -0.000000196. The fourth-order valence-corrected chi connectivity index (χ4v) is 0.519. The van der Waals surface area contributed by atoms with Gasteiger partial charge in [-0.25, -0.2) is 0 Å². The molecule has 0 aliphatic rings. The van der Waals surface area contributed by atoms with E-state index in [1.54, 1.807) is 6.92 Å². The minimum Gasteiger partial charge on any atom is -0.550 e. The fraction of sp³-hybridized carbons (Fsp3) is 0.750. The molecule has 0 rings (SSSR count). The number of hydrogen-bond acceptors (Lipinski definition) is 2. The van der Waals surface area contributed by atoms with Gasteiger partial charge in [-0.2, -0.15) is 6.92 Å². The summed E-state index contributed by atoms with van der Waals surface area (Å²) in [6, 6.07) is 0. The van der Waals surface area contributed by atoms with Crippen molar-refractivity contribution in [2.75, 3.05) is 0 Å². The van der Waals surface area contributed by atoms with E-state index in [1.807, 2.05) is 6.92 Å². The molecule has 0 atom stereocenters. The first kappa shape index (κ1) is 17.3. The van der Waals surface area contributed by atoms with Crippen LogP contribution in [0.3, 0.4) is 0 Å². The molecule has 0 aliphatic carbocycles. The maximum atomic E-state index is 9.76. The van der Waals surface area contributed by atoms with Crippen LogP contribution in [0.4, 0.5) is 0 Å². The van der Waals surface area contributed by atoms with E-state index in [9.17, 15) is 9.90 Å². The maximum Gasteiger partial charge on any atom is 2.00 e. The van der Waals surface area contributed by atoms with Gasteiger partial charge in [-0.15, -0.1) is 0 Å². The molecule has 0 aromatic heterocycles. The van der Waals surface area contributed by atoms with Crippen molar-refractivity contribution in [1.29, 1.82) is 0 Å². The zero-order chi connectivity index (χ0) is 8.41. The van der Waals surface area contributed by atoms with Gasteiger partial charge in [0.2, 0.25) is 0 Å². The molecule has 0 bridgehead atoms. The van der Waals surface area contributed by atoms with Gasteiger partial charge in [-0.3, -0.25) is 0 Å². The predicted molar refractivity (Wildman–Crippen MR) is 40.2 cm³/mol. The van der Waals surface area contributed by atoms with Crippen molar-refractivity contribution in [2.45, 2.75) is 39.5 Å². The molecule has 3 heteroatoms. The predicted octanol–water partition coefficient (Wildman–Crippen LogP) is 1.15. The van der Waals surface area contributed by atoms with Gasteiger partial charge in [0.1, 0.15) is 0 Å². The Morgan fingerprint density at radius 1 is 1.36 bits per heavy atom. The average Bonchev–Trinajstić information content (AvgIpc) is 1.92. The van der Waals surface area contributed by atoms with Crippen LogP contribution in [-0.4, -0.2) is 5.97 Å².